The van der Waals surface area contributed by atoms with Crippen molar-refractivity contribution in [3.63, 3.8) is 0 Å². The molecule has 0 unspecified atom stereocenters. The molecule has 0 bridgehead atoms. The van der Waals surface area contributed by atoms with Gasteiger partial charge in [-0.15, -0.1) is 0 Å². The maximum absolute atomic E-state index is 13.6. The van der Waals surface area contributed by atoms with E-state index in [9.17, 15) is 19.1 Å². The molecular weight excluding hydrogens is 435 g/mol. The van der Waals surface area contributed by atoms with Gasteiger partial charge in [-0.2, -0.15) is 0 Å². The van der Waals surface area contributed by atoms with Gasteiger partial charge in [0.15, 0.2) is 0 Å². The zero-order valence-corrected chi connectivity index (χ0v) is 19.9. The lowest BCUT2D eigenvalue weighted by molar-refractivity contribution is -0.140. The number of Topliss-reactive ketones (excluding diaryl/α,β-unsaturated/α-hetero) is 1. The van der Waals surface area contributed by atoms with Gasteiger partial charge in [-0.3, -0.25) is 9.59 Å². The molecule has 0 spiro atoms. The van der Waals surface area contributed by atoms with Gasteiger partial charge in [0.25, 0.3) is 11.7 Å². The lowest BCUT2D eigenvalue weighted by atomic mass is 9.94. The summed E-state index contributed by atoms with van der Waals surface area (Å²) in [4.78, 5) is 30.0. The molecule has 0 saturated carbocycles. The lowest BCUT2D eigenvalue weighted by Gasteiger charge is -2.26. The molecule has 34 heavy (non-hydrogen) atoms. The average molecular weight is 467 g/mol. The number of carbonyl (C=O) groups is 2. The van der Waals surface area contributed by atoms with Crippen LogP contribution in [0.15, 0.2) is 48.0 Å². The number of rotatable bonds is 8. The highest BCUT2D eigenvalue weighted by molar-refractivity contribution is 6.46. The molecule has 2 heterocycles. The molecule has 180 valence electrons. The summed E-state index contributed by atoms with van der Waals surface area (Å²) < 4.78 is 19.4. The Hall–Kier alpha value is -3.19. The molecule has 7 heteroatoms. The molecule has 2 aromatic carbocycles. The van der Waals surface area contributed by atoms with E-state index in [1.54, 1.807) is 24.3 Å². The second kappa shape index (κ2) is 9.97. The number of ether oxygens (including phenoxy) is 1. The van der Waals surface area contributed by atoms with Gasteiger partial charge >= 0.3 is 0 Å². The van der Waals surface area contributed by atoms with E-state index >= 15 is 0 Å². The molecule has 4 rings (SSSR count). The van der Waals surface area contributed by atoms with Crippen LogP contribution in [0.1, 0.15) is 49.9 Å². The first-order chi connectivity index (χ1) is 16.3. The fraction of sp³-hybridized carbons (Fsp3) is 0.407. The Morgan fingerprint density at radius 3 is 2.53 bits per heavy atom. The molecule has 2 atom stereocenters. The number of aliphatic hydroxyl groups is 1. The standard InChI is InChI=1S/C27H31FN2O4/c1-4-29(5-2)13-6-14-30-24(18-7-10-21(28)11-8-18)23(26(32)27(30)33)25(31)19-9-12-22-20(16-19)15-17(3)34-22/h7-12,16-17,24,31H,4-6,13-15H2,1-3H3/t17-,24+/m0/s1. The maximum atomic E-state index is 13.6. The van der Waals surface area contributed by atoms with Crippen molar-refractivity contribution in [3.8, 4) is 5.75 Å². The van der Waals surface area contributed by atoms with Gasteiger partial charge in [0.1, 0.15) is 23.4 Å². The van der Waals surface area contributed by atoms with Gasteiger partial charge in [-0.1, -0.05) is 26.0 Å². The van der Waals surface area contributed by atoms with Crippen molar-refractivity contribution in [2.45, 2.75) is 45.8 Å². The van der Waals surface area contributed by atoms with E-state index in [0.717, 1.165) is 30.9 Å². The number of benzene rings is 2. The number of fused-ring (bicyclic) bond motifs is 1. The third-order valence-electron chi connectivity index (χ3n) is 6.66. The number of nitrogens with zero attached hydrogens (tertiary/aromatic N) is 2. The van der Waals surface area contributed by atoms with E-state index < -0.39 is 23.5 Å². The van der Waals surface area contributed by atoms with Crippen LogP contribution in [0.2, 0.25) is 0 Å². The summed E-state index contributed by atoms with van der Waals surface area (Å²) >= 11 is 0. The first-order valence-corrected chi connectivity index (χ1v) is 11.9. The molecule has 2 aliphatic heterocycles. The summed E-state index contributed by atoms with van der Waals surface area (Å²) in [7, 11) is 0. The van der Waals surface area contributed by atoms with Gasteiger partial charge in [0, 0.05) is 18.5 Å². The Kier molecular flexibility index (Phi) is 7.03. The second-order valence-electron chi connectivity index (χ2n) is 8.88. The van der Waals surface area contributed by atoms with Crippen molar-refractivity contribution in [2.75, 3.05) is 26.2 Å². The van der Waals surface area contributed by atoms with Crippen LogP contribution in [-0.4, -0.2) is 58.9 Å². The van der Waals surface area contributed by atoms with Crippen LogP contribution in [0.4, 0.5) is 4.39 Å². The molecule has 0 aliphatic carbocycles. The molecular formula is C27H31FN2O4. The van der Waals surface area contributed by atoms with Crippen molar-refractivity contribution in [1.29, 1.82) is 0 Å². The summed E-state index contributed by atoms with van der Waals surface area (Å²) in [6, 6.07) is 10.2. The van der Waals surface area contributed by atoms with Crippen LogP contribution in [0.25, 0.3) is 5.76 Å². The molecule has 1 N–H and O–H groups in total. The van der Waals surface area contributed by atoms with E-state index in [-0.39, 0.29) is 17.4 Å². The number of hydrogen-bond donors (Lipinski definition) is 1. The van der Waals surface area contributed by atoms with Gasteiger partial charge in [-0.25, -0.2) is 4.39 Å². The highest BCUT2D eigenvalue weighted by Gasteiger charge is 2.45. The van der Waals surface area contributed by atoms with Gasteiger partial charge in [0.2, 0.25) is 0 Å². The first-order valence-electron chi connectivity index (χ1n) is 11.9. The number of carbonyl (C=O) groups excluding carboxylic acids is 2. The summed E-state index contributed by atoms with van der Waals surface area (Å²) in [5.74, 6) is -1.24. The van der Waals surface area contributed by atoms with Crippen LogP contribution in [0.5, 0.6) is 5.75 Å². The number of hydrogen-bond acceptors (Lipinski definition) is 5. The zero-order chi connectivity index (χ0) is 24.4. The third-order valence-corrected chi connectivity index (χ3v) is 6.66. The van der Waals surface area contributed by atoms with E-state index in [2.05, 4.69) is 18.7 Å². The number of likely N-dealkylation sites (tertiary alicyclic amines) is 1. The Balaban J connectivity index is 1.72. The number of aliphatic hydroxyl groups excluding tert-OH is 1. The smallest absolute Gasteiger partial charge is 0.295 e. The Labute approximate surface area is 199 Å². The van der Waals surface area contributed by atoms with Gasteiger partial charge in [0.05, 0.1) is 11.6 Å². The first kappa shape index (κ1) is 24.0. The topological polar surface area (TPSA) is 70.1 Å². The zero-order valence-electron chi connectivity index (χ0n) is 19.9. The van der Waals surface area contributed by atoms with Crippen LogP contribution in [0, 0.1) is 5.82 Å². The minimum absolute atomic E-state index is 0.0337. The molecule has 1 fully saturated rings. The van der Waals surface area contributed by atoms with E-state index in [4.69, 9.17) is 4.74 Å². The monoisotopic (exact) mass is 466 g/mol. The molecule has 1 saturated heterocycles. The van der Waals surface area contributed by atoms with E-state index in [0.29, 0.717) is 30.5 Å². The Morgan fingerprint density at radius 2 is 1.85 bits per heavy atom. The Bertz CT molecular complexity index is 1110. The van der Waals surface area contributed by atoms with Crippen LogP contribution < -0.4 is 4.74 Å². The molecule has 2 aromatic rings. The van der Waals surface area contributed by atoms with Gasteiger partial charge < -0.3 is 19.6 Å². The minimum atomic E-state index is -0.777. The average Bonchev–Trinajstić information content (AvgIpc) is 3.32. The fourth-order valence-corrected chi connectivity index (χ4v) is 4.83. The largest absolute Gasteiger partial charge is 0.507 e. The number of amides is 1. The van der Waals surface area contributed by atoms with Crippen molar-refractivity contribution in [2.24, 2.45) is 0 Å². The van der Waals surface area contributed by atoms with Crippen molar-refractivity contribution < 1.29 is 23.8 Å². The highest BCUT2D eigenvalue weighted by Crippen LogP contribution is 2.40. The molecule has 2 aliphatic rings. The van der Waals surface area contributed by atoms with Crippen LogP contribution in [0.3, 0.4) is 0 Å². The lowest BCUT2D eigenvalue weighted by Crippen LogP contribution is -2.33. The Morgan fingerprint density at radius 1 is 1.15 bits per heavy atom. The summed E-state index contributed by atoms with van der Waals surface area (Å²) in [5.41, 5.74) is 2.03. The SMILES string of the molecule is CCN(CC)CCCN1C(=O)C(=O)C(=C(O)c2ccc3c(c2)C[C@H](C)O3)[C@H]1c1ccc(F)cc1. The normalized spacial score (nSPS) is 21.3. The fourth-order valence-electron chi connectivity index (χ4n) is 4.83. The molecule has 6 nitrogen and oxygen atoms in total. The number of ketones is 1. The molecule has 1 amide bonds. The van der Waals surface area contributed by atoms with E-state index in [1.807, 2.05) is 13.0 Å². The predicted molar refractivity (Wildman–Crippen MR) is 128 cm³/mol. The minimum Gasteiger partial charge on any atom is -0.507 e. The third kappa shape index (κ3) is 4.57. The van der Waals surface area contributed by atoms with Crippen LogP contribution >= 0.6 is 0 Å². The van der Waals surface area contributed by atoms with E-state index in [1.165, 1.54) is 17.0 Å². The van der Waals surface area contributed by atoms with Crippen LogP contribution in [-0.2, 0) is 16.0 Å². The second-order valence-corrected chi connectivity index (χ2v) is 8.88. The van der Waals surface area contributed by atoms with Crippen molar-refractivity contribution >= 4 is 17.4 Å². The summed E-state index contributed by atoms with van der Waals surface area (Å²) in [6.45, 7) is 9.07. The predicted octanol–water partition coefficient (Wildman–Crippen LogP) is 4.30. The summed E-state index contributed by atoms with van der Waals surface area (Å²) in [5, 5.41) is 11.3. The van der Waals surface area contributed by atoms with Gasteiger partial charge in [-0.05, 0) is 74.4 Å². The quantitative estimate of drug-likeness (QED) is 0.357. The summed E-state index contributed by atoms with van der Waals surface area (Å²) in [6.07, 6.45) is 1.43. The highest BCUT2D eigenvalue weighted by atomic mass is 19.1. The van der Waals surface area contributed by atoms with Crippen molar-refractivity contribution in [3.05, 3.63) is 70.5 Å². The molecule has 0 radical (unpaired) electrons. The number of halogens is 1. The molecule has 0 aromatic heterocycles. The maximum Gasteiger partial charge on any atom is 0.295 e. The van der Waals surface area contributed by atoms with Crippen molar-refractivity contribution in [1.82, 2.24) is 9.80 Å².